The summed E-state index contributed by atoms with van der Waals surface area (Å²) < 4.78 is 5.28. The zero-order chi connectivity index (χ0) is 13.8. The molecule has 1 unspecified atom stereocenters. The Bertz CT molecular complexity index is 337. The smallest absolute Gasteiger partial charge is 0.239 e. The Morgan fingerprint density at radius 2 is 1.84 bits per heavy atom. The second-order valence-corrected chi connectivity index (χ2v) is 5.80. The summed E-state index contributed by atoms with van der Waals surface area (Å²) >= 11 is 5.04. The standard InChI is InChI=1S/C13H23N3O2S/c1-10(13(17)16-6-8-18-9-7-16)15-4-2-11(3-5-15)12(14)19/h10-11H,2-9H2,1H3,(H2,14,19). The van der Waals surface area contributed by atoms with E-state index in [0.717, 1.165) is 25.9 Å². The molecule has 1 atom stereocenters. The molecule has 2 aliphatic rings. The van der Waals surface area contributed by atoms with Crippen LogP contribution in [0.3, 0.4) is 0 Å². The van der Waals surface area contributed by atoms with Crippen LogP contribution in [0.15, 0.2) is 0 Å². The summed E-state index contributed by atoms with van der Waals surface area (Å²) in [6, 6.07) is -0.0506. The van der Waals surface area contributed by atoms with E-state index in [2.05, 4.69) is 4.90 Å². The van der Waals surface area contributed by atoms with Gasteiger partial charge < -0.3 is 15.4 Å². The van der Waals surface area contributed by atoms with Gasteiger partial charge in [0.1, 0.15) is 0 Å². The lowest BCUT2D eigenvalue weighted by Crippen LogP contribution is -2.52. The van der Waals surface area contributed by atoms with Crippen molar-refractivity contribution < 1.29 is 9.53 Å². The average Bonchev–Trinajstić information content (AvgIpc) is 2.46. The maximum Gasteiger partial charge on any atom is 0.239 e. The number of ether oxygens (including phenoxy) is 1. The van der Waals surface area contributed by atoms with Crippen LogP contribution in [0.1, 0.15) is 19.8 Å². The minimum Gasteiger partial charge on any atom is -0.393 e. The number of likely N-dealkylation sites (tertiary alicyclic amines) is 1. The molecule has 2 aliphatic heterocycles. The molecule has 0 aromatic heterocycles. The molecular weight excluding hydrogens is 262 g/mol. The molecule has 19 heavy (non-hydrogen) atoms. The Labute approximate surface area is 120 Å². The molecule has 0 saturated carbocycles. The van der Waals surface area contributed by atoms with Crippen molar-refractivity contribution in [2.75, 3.05) is 39.4 Å². The predicted octanol–water partition coefficient (Wildman–Crippen LogP) is 0.232. The number of nitrogens with zero attached hydrogens (tertiary/aromatic N) is 2. The van der Waals surface area contributed by atoms with Gasteiger partial charge in [0.05, 0.1) is 24.2 Å². The summed E-state index contributed by atoms with van der Waals surface area (Å²) in [5.41, 5.74) is 5.69. The Morgan fingerprint density at radius 1 is 1.26 bits per heavy atom. The number of carbonyl (C=O) groups excluding carboxylic acids is 1. The van der Waals surface area contributed by atoms with Crippen molar-refractivity contribution in [3.8, 4) is 0 Å². The number of morpholine rings is 1. The van der Waals surface area contributed by atoms with Crippen molar-refractivity contribution in [1.29, 1.82) is 0 Å². The van der Waals surface area contributed by atoms with E-state index < -0.39 is 0 Å². The third-order valence-electron chi connectivity index (χ3n) is 4.16. The van der Waals surface area contributed by atoms with Crippen LogP contribution in [0.2, 0.25) is 0 Å². The molecule has 2 fully saturated rings. The summed E-state index contributed by atoms with van der Waals surface area (Å²) in [5.74, 6) is 0.564. The minimum absolute atomic E-state index is 0.0506. The third-order valence-corrected chi connectivity index (χ3v) is 4.49. The van der Waals surface area contributed by atoms with Gasteiger partial charge in [-0.3, -0.25) is 9.69 Å². The molecule has 2 N–H and O–H groups in total. The van der Waals surface area contributed by atoms with E-state index in [1.165, 1.54) is 0 Å². The summed E-state index contributed by atoms with van der Waals surface area (Å²) in [6.45, 7) is 6.54. The van der Waals surface area contributed by atoms with E-state index in [1.54, 1.807) is 0 Å². The highest BCUT2D eigenvalue weighted by atomic mass is 32.1. The molecule has 6 heteroatoms. The summed E-state index contributed by atoms with van der Waals surface area (Å²) in [5, 5.41) is 0. The van der Waals surface area contributed by atoms with E-state index in [-0.39, 0.29) is 11.9 Å². The molecule has 2 rings (SSSR count). The Morgan fingerprint density at radius 3 is 2.37 bits per heavy atom. The van der Waals surface area contributed by atoms with Gasteiger partial charge in [-0.15, -0.1) is 0 Å². The molecule has 0 aliphatic carbocycles. The first-order valence-corrected chi connectivity index (χ1v) is 7.40. The lowest BCUT2D eigenvalue weighted by atomic mass is 9.96. The van der Waals surface area contributed by atoms with Crippen molar-refractivity contribution >= 4 is 23.1 Å². The van der Waals surface area contributed by atoms with Gasteiger partial charge in [0.25, 0.3) is 0 Å². The first-order valence-electron chi connectivity index (χ1n) is 6.99. The lowest BCUT2D eigenvalue weighted by molar-refractivity contribution is -0.141. The van der Waals surface area contributed by atoms with Gasteiger partial charge in [-0.05, 0) is 32.9 Å². The SMILES string of the molecule is CC(C(=O)N1CCOCC1)N1CCC(C(N)=S)CC1. The average molecular weight is 285 g/mol. The van der Waals surface area contributed by atoms with Crippen molar-refractivity contribution in [1.82, 2.24) is 9.80 Å². The van der Waals surface area contributed by atoms with E-state index >= 15 is 0 Å². The first kappa shape index (κ1) is 14.7. The Balaban J connectivity index is 1.84. The minimum atomic E-state index is -0.0506. The van der Waals surface area contributed by atoms with Crippen LogP contribution in [0.5, 0.6) is 0 Å². The van der Waals surface area contributed by atoms with Crippen LogP contribution < -0.4 is 5.73 Å². The van der Waals surface area contributed by atoms with Crippen molar-refractivity contribution in [3.63, 3.8) is 0 Å². The van der Waals surface area contributed by atoms with Gasteiger partial charge in [-0.25, -0.2) is 0 Å². The topological polar surface area (TPSA) is 58.8 Å². The van der Waals surface area contributed by atoms with Gasteiger partial charge in [0.2, 0.25) is 5.91 Å². The molecule has 0 aromatic rings. The number of hydrogen-bond donors (Lipinski definition) is 1. The van der Waals surface area contributed by atoms with E-state index in [9.17, 15) is 4.79 Å². The molecule has 0 aromatic carbocycles. The second-order valence-electron chi connectivity index (χ2n) is 5.33. The van der Waals surface area contributed by atoms with Gasteiger partial charge >= 0.3 is 0 Å². The van der Waals surface area contributed by atoms with Crippen LogP contribution in [-0.2, 0) is 9.53 Å². The van der Waals surface area contributed by atoms with E-state index in [4.69, 9.17) is 22.7 Å². The highest BCUT2D eigenvalue weighted by Gasteiger charge is 2.30. The predicted molar refractivity (Wildman–Crippen MR) is 77.9 cm³/mol. The van der Waals surface area contributed by atoms with Gasteiger partial charge in [0.15, 0.2) is 0 Å². The fourth-order valence-electron chi connectivity index (χ4n) is 2.78. The third kappa shape index (κ3) is 3.64. The number of thiocarbonyl (C=S) groups is 1. The number of carbonyl (C=O) groups is 1. The number of amides is 1. The number of piperidine rings is 1. The quantitative estimate of drug-likeness (QED) is 0.752. The van der Waals surface area contributed by atoms with Crippen molar-refractivity contribution in [3.05, 3.63) is 0 Å². The molecule has 0 bridgehead atoms. The van der Waals surface area contributed by atoms with Crippen LogP contribution >= 0.6 is 12.2 Å². The van der Waals surface area contributed by atoms with Crippen molar-refractivity contribution in [2.24, 2.45) is 11.7 Å². The van der Waals surface area contributed by atoms with Crippen LogP contribution in [-0.4, -0.2) is 66.1 Å². The number of hydrogen-bond acceptors (Lipinski definition) is 4. The Kier molecular flexibility index (Phi) is 5.13. The summed E-state index contributed by atoms with van der Waals surface area (Å²) in [7, 11) is 0. The Hall–Kier alpha value is -0.720. The molecule has 0 spiro atoms. The number of nitrogens with two attached hydrogens (primary N) is 1. The fraction of sp³-hybridized carbons (Fsp3) is 0.846. The first-order chi connectivity index (χ1) is 9.09. The molecule has 1 amide bonds. The van der Waals surface area contributed by atoms with Gasteiger partial charge in [-0.1, -0.05) is 12.2 Å². The molecule has 5 nitrogen and oxygen atoms in total. The highest BCUT2D eigenvalue weighted by molar-refractivity contribution is 7.80. The summed E-state index contributed by atoms with van der Waals surface area (Å²) in [4.78, 5) is 17.2. The second kappa shape index (κ2) is 6.63. The molecule has 0 radical (unpaired) electrons. The molecule has 2 heterocycles. The van der Waals surface area contributed by atoms with Gasteiger partial charge in [0, 0.05) is 19.0 Å². The highest BCUT2D eigenvalue weighted by Crippen LogP contribution is 2.20. The van der Waals surface area contributed by atoms with Gasteiger partial charge in [-0.2, -0.15) is 0 Å². The van der Waals surface area contributed by atoms with Crippen LogP contribution in [0.25, 0.3) is 0 Å². The normalized spacial score (nSPS) is 24.2. The maximum absolute atomic E-state index is 12.4. The zero-order valence-corrected chi connectivity index (χ0v) is 12.3. The largest absolute Gasteiger partial charge is 0.393 e. The monoisotopic (exact) mass is 285 g/mol. The zero-order valence-electron chi connectivity index (χ0n) is 11.5. The van der Waals surface area contributed by atoms with Crippen molar-refractivity contribution in [2.45, 2.75) is 25.8 Å². The van der Waals surface area contributed by atoms with Crippen LogP contribution in [0, 0.1) is 5.92 Å². The summed E-state index contributed by atoms with van der Waals surface area (Å²) in [6.07, 6.45) is 1.94. The maximum atomic E-state index is 12.4. The lowest BCUT2D eigenvalue weighted by Gasteiger charge is -2.38. The van der Waals surface area contributed by atoms with E-state index in [0.29, 0.717) is 37.2 Å². The molecular formula is C13H23N3O2S. The van der Waals surface area contributed by atoms with E-state index in [1.807, 2.05) is 11.8 Å². The molecule has 2 saturated heterocycles. The fourth-order valence-corrected chi connectivity index (χ4v) is 3.01. The number of rotatable bonds is 3. The molecule has 108 valence electrons. The van der Waals surface area contributed by atoms with Crippen LogP contribution in [0.4, 0.5) is 0 Å².